The predicted molar refractivity (Wildman–Crippen MR) is 136 cm³/mol. The van der Waals surface area contributed by atoms with E-state index in [0.29, 0.717) is 16.1 Å². The van der Waals surface area contributed by atoms with Crippen molar-refractivity contribution in [1.29, 1.82) is 0 Å². The summed E-state index contributed by atoms with van der Waals surface area (Å²) < 4.78 is 73.2. The lowest BCUT2D eigenvalue weighted by Gasteiger charge is -2.25. The number of amides is 1. The number of para-hydroxylation sites is 1. The molecule has 3 rings (SSSR count). The first kappa shape index (κ1) is 28.0. The van der Waals surface area contributed by atoms with Crippen molar-refractivity contribution in [3.63, 3.8) is 0 Å². The Labute approximate surface area is 215 Å². The number of nitrogens with zero attached hydrogens (tertiary/aromatic N) is 1. The number of rotatable bonds is 10. The zero-order chi connectivity index (χ0) is 27.2. The Morgan fingerprint density at radius 3 is 2.32 bits per heavy atom. The number of ether oxygens (including phenoxy) is 1. The SMILES string of the molecule is Cc1ccc(S(=O)(=O)N(CC(=O)NCCOc2ccccc2C(C)C)c2cccc(C(F)(F)F)c2)cc1. The van der Waals surface area contributed by atoms with Crippen LogP contribution in [0.1, 0.15) is 36.5 Å². The standard InChI is InChI=1S/C27H29F3N2O4S/c1-19(2)24-9-4-5-10-25(24)36-16-15-31-26(33)18-32(22-8-6-7-21(17-22)27(28,29)30)37(34,35)23-13-11-20(3)12-14-23/h4-14,17,19H,15-16,18H2,1-3H3,(H,31,33). The summed E-state index contributed by atoms with van der Waals surface area (Å²) in [6, 6.07) is 17.2. The third-order valence-corrected chi connectivity index (χ3v) is 7.37. The molecular formula is C27H29F3N2O4S. The zero-order valence-electron chi connectivity index (χ0n) is 20.7. The van der Waals surface area contributed by atoms with Gasteiger partial charge in [0.1, 0.15) is 18.9 Å². The van der Waals surface area contributed by atoms with Gasteiger partial charge in [0.05, 0.1) is 22.7 Å². The van der Waals surface area contributed by atoms with Crippen LogP contribution in [-0.4, -0.2) is 34.0 Å². The van der Waals surface area contributed by atoms with Crippen LogP contribution >= 0.6 is 0 Å². The molecule has 10 heteroatoms. The molecular weight excluding hydrogens is 505 g/mol. The fraction of sp³-hybridized carbons (Fsp3) is 0.296. The fourth-order valence-corrected chi connectivity index (χ4v) is 5.03. The maximum atomic E-state index is 13.4. The monoisotopic (exact) mass is 534 g/mol. The summed E-state index contributed by atoms with van der Waals surface area (Å²) in [4.78, 5) is 12.6. The Morgan fingerprint density at radius 2 is 1.68 bits per heavy atom. The second-order valence-corrected chi connectivity index (χ2v) is 10.6. The van der Waals surface area contributed by atoms with Gasteiger partial charge in [-0.3, -0.25) is 9.10 Å². The van der Waals surface area contributed by atoms with E-state index in [1.807, 2.05) is 38.1 Å². The second kappa shape index (κ2) is 11.7. The van der Waals surface area contributed by atoms with E-state index in [0.717, 1.165) is 23.3 Å². The average Bonchev–Trinajstić information content (AvgIpc) is 2.85. The molecule has 0 unspecified atom stereocenters. The minimum atomic E-state index is -4.68. The lowest BCUT2D eigenvalue weighted by atomic mass is 10.0. The highest BCUT2D eigenvalue weighted by Gasteiger charge is 2.33. The van der Waals surface area contributed by atoms with Crippen LogP contribution in [0.5, 0.6) is 5.75 Å². The van der Waals surface area contributed by atoms with Gasteiger partial charge in [0.2, 0.25) is 5.91 Å². The third kappa shape index (κ3) is 7.25. The summed E-state index contributed by atoms with van der Waals surface area (Å²) in [6.07, 6.45) is -4.68. The molecule has 3 aromatic carbocycles. The lowest BCUT2D eigenvalue weighted by Crippen LogP contribution is -2.42. The molecule has 6 nitrogen and oxygen atoms in total. The number of aryl methyl sites for hydroxylation is 1. The number of nitrogens with one attached hydrogen (secondary N) is 1. The fourth-order valence-electron chi connectivity index (χ4n) is 3.62. The van der Waals surface area contributed by atoms with Crippen molar-refractivity contribution < 1.29 is 31.1 Å². The van der Waals surface area contributed by atoms with E-state index in [1.165, 1.54) is 18.2 Å². The van der Waals surface area contributed by atoms with Crippen molar-refractivity contribution in [2.24, 2.45) is 0 Å². The minimum Gasteiger partial charge on any atom is -0.491 e. The zero-order valence-corrected chi connectivity index (χ0v) is 21.6. The molecule has 0 bridgehead atoms. The van der Waals surface area contributed by atoms with Crippen molar-refractivity contribution in [1.82, 2.24) is 5.32 Å². The van der Waals surface area contributed by atoms with E-state index in [-0.39, 0.29) is 29.7 Å². The summed E-state index contributed by atoms with van der Waals surface area (Å²) in [5.41, 5.74) is 0.523. The normalized spacial score (nSPS) is 11.9. The van der Waals surface area contributed by atoms with Crippen LogP contribution < -0.4 is 14.4 Å². The topological polar surface area (TPSA) is 75.7 Å². The molecule has 0 aliphatic carbocycles. The summed E-state index contributed by atoms with van der Waals surface area (Å²) in [5, 5.41) is 2.59. The number of anilines is 1. The van der Waals surface area contributed by atoms with Crippen molar-refractivity contribution in [3.05, 3.63) is 89.5 Å². The first-order chi connectivity index (χ1) is 17.4. The van der Waals surface area contributed by atoms with Gasteiger partial charge in [0, 0.05) is 0 Å². The summed E-state index contributed by atoms with van der Waals surface area (Å²) >= 11 is 0. The van der Waals surface area contributed by atoms with Crippen LogP contribution in [0.15, 0.2) is 77.7 Å². The van der Waals surface area contributed by atoms with Gasteiger partial charge in [-0.15, -0.1) is 0 Å². The van der Waals surface area contributed by atoms with Gasteiger partial charge in [0.25, 0.3) is 10.0 Å². The first-order valence-corrected chi connectivity index (χ1v) is 13.1. The highest BCUT2D eigenvalue weighted by molar-refractivity contribution is 7.92. The van der Waals surface area contributed by atoms with Gasteiger partial charge in [0.15, 0.2) is 0 Å². The average molecular weight is 535 g/mol. The smallest absolute Gasteiger partial charge is 0.416 e. The first-order valence-electron chi connectivity index (χ1n) is 11.6. The Morgan fingerprint density at radius 1 is 1.00 bits per heavy atom. The predicted octanol–water partition coefficient (Wildman–Crippen LogP) is 5.53. The van der Waals surface area contributed by atoms with Crippen LogP contribution in [0.4, 0.5) is 18.9 Å². The van der Waals surface area contributed by atoms with Crippen molar-refractivity contribution in [3.8, 4) is 5.75 Å². The quantitative estimate of drug-likeness (QED) is 0.347. The van der Waals surface area contributed by atoms with Crippen LogP contribution in [0.25, 0.3) is 0 Å². The van der Waals surface area contributed by atoms with Gasteiger partial charge in [-0.2, -0.15) is 13.2 Å². The molecule has 0 aliphatic heterocycles. The van der Waals surface area contributed by atoms with Gasteiger partial charge >= 0.3 is 6.18 Å². The van der Waals surface area contributed by atoms with Crippen LogP contribution in [0, 0.1) is 6.92 Å². The number of carbonyl (C=O) groups is 1. The molecule has 0 spiro atoms. The van der Waals surface area contributed by atoms with E-state index in [2.05, 4.69) is 5.32 Å². The number of alkyl halides is 3. The lowest BCUT2D eigenvalue weighted by molar-refractivity contribution is -0.137. The van der Waals surface area contributed by atoms with Crippen molar-refractivity contribution >= 4 is 21.6 Å². The highest BCUT2D eigenvalue weighted by Crippen LogP contribution is 2.33. The van der Waals surface area contributed by atoms with Gasteiger partial charge < -0.3 is 10.1 Å². The number of sulfonamides is 1. The number of carbonyl (C=O) groups excluding carboxylic acids is 1. The van der Waals surface area contributed by atoms with Gasteiger partial charge in [-0.25, -0.2) is 8.42 Å². The molecule has 1 amide bonds. The Bertz CT molecular complexity index is 1320. The molecule has 198 valence electrons. The summed E-state index contributed by atoms with van der Waals surface area (Å²) in [6.45, 7) is 5.33. The van der Waals surface area contributed by atoms with Crippen molar-refractivity contribution in [2.75, 3.05) is 24.0 Å². The maximum Gasteiger partial charge on any atom is 0.416 e. The van der Waals surface area contributed by atoms with Gasteiger partial charge in [-0.1, -0.05) is 55.8 Å². The highest BCUT2D eigenvalue weighted by atomic mass is 32.2. The molecule has 0 atom stereocenters. The van der Waals surface area contributed by atoms with Gasteiger partial charge in [-0.05, 0) is 54.8 Å². The summed E-state index contributed by atoms with van der Waals surface area (Å²) in [7, 11) is -4.34. The Hall–Kier alpha value is -3.53. The molecule has 3 aromatic rings. The molecule has 0 saturated heterocycles. The molecule has 0 aromatic heterocycles. The van der Waals surface area contributed by atoms with E-state index < -0.39 is 34.2 Å². The van der Waals surface area contributed by atoms with Crippen LogP contribution in [0.3, 0.4) is 0 Å². The molecule has 1 N–H and O–H groups in total. The Kier molecular flexibility index (Phi) is 8.85. The number of halogens is 3. The van der Waals surface area contributed by atoms with E-state index in [1.54, 1.807) is 19.1 Å². The molecule has 37 heavy (non-hydrogen) atoms. The van der Waals surface area contributed by atoms with E-state index in [4.69, 9.17) is 4.74 Å². The Balaban J connectivity index is 1.78. The molecule has 0 saturated carbocycles. The number of hydrogen-bond acceptors (Lipinski definition) is 4. The van der Waals surface area contributed by atoms with Crippen LogP contribution in [-0.2, 0) is 21.0 Å². The van der Waals surface area contributed by atoms with E-state index >= 15 is 0 Å². The minimum absolute atomic E-state index is 0.0757. The largest absolute Gasteiger partial charge is 0.491 e. The molecule has 0 fully saturated rings. The number of hydrogen-bond donors (Lipinski definition) is 1. The third-order valence-electron chi connectivity index (χ3n) is 5.58. The second-order valence-electron chi connectivity index (χ2n) is 8.76. The molecule has 0 radical (unpaired) electrons. The molecule has 0 aliphatic rings. The van der Waals surface area contributed by atoms with Crippen LogP contribution in [0.2, 0.25) is 0 Å². The van der Waals surface area contributed by atoms with E-state index in [9.17, 15) is 26.4 Å². The van der Waals surface area contributed by atoms with Crippen molar-refractivity contribution in [2.45, 2.75) is 37.8 Å². The molecule has 0 heterocycles. The maximum absolute atomic E-state index is 13.4. The number of benzene rings is 3. The summed E-state index contributed by atoms with van der Waals surface area (Å²) in [5.74, 6) is 0.229.